The maximum atomic E-state index is 14.1. The molecule has 0 saturated heterocycles. The largest absolute Gasteiger partial charge is 0.502 e. The third-order valence-electron chi connectivity index (χ3n) is 6.16. The molecule has 0 amide bonds. The normalized spacial score (nSPS) is 20.6. The molecule has 0 aliphatic heterocycles. The first-order valence-electron chi connectivity index (χ1n) is 12.1. The molecule has 1 aliphatic carbocycles. The fraction of sp³-hybridized carbons (Fsp3) is 0.591. The summed E-state index contributed by atoms with van der Waals surface area (Å²) in [6.07, 6.45) is 2.55. The molecule has 2 aromatic heterocycles. The summed E-state index contributed by atoms with van der Waals surface area (Å²) in [5.41, 5.74) is 0.283. The Morgan fingerprint density at radius 1 is 1.00 bits per heavy atom. The van der Waals surface area contributed by atoms with Crippen LogP contribution in [0.3, 0.4) is 0 Å². The van der Waals surface area contributed by atoms with Crippen LogP contribution in [0.15, 0.2) is 12.3 Å². The van der Waals surface area contributed by atoms with Crippen molar-refractivity contribution < 1.29 is 46.2 Å². The summed E-state index contributed by atoms with van der Waals surface area (Å²) in [6, 6.07) is 1.18. The SMILES string of the molecule is COc1nc(O)cc(C(SCCS(=O)(O)=S)C2CCCC(C(SCCS(=O)(=O)O)c3ncc(O)c(OC)n3)C2=O)n1. The van der Waals surface area contributed by atoms with Crippen molar-refractivity contribution in [2.24, 2.45) is 11.8 Å². The lowest BCUT2D eigenvalue weighted by atomic mass is 9.76. The van der Waals surface area contributed by atoms with Crippen molar-refractivity contribution >= 4 is 59.4 Å². The van der Waals surface area contributed by atoms with Crippen LogP contribution in [-0.4, -0.2) is 94.9 Å². The van der Waals surface area contributed by atoms with Crippen molar-refractivity contribution in [1.82, 2.24) is 19.9 Å². The van der Waals surface area contributed by atoms with Crippen LogP contribution in [0.5, 0.6) is 23.5 Å². The van der Waals surface area contributed by atoms with Crippen molar-refractivity contribution in [3.8, 4) is 23.5 Å². The molecule has 228 valence electrons. The number of Topliss-reactive ketones (excluding diaryl/α,β-unsaturated/α-hetero) is 1. The number of rotatable bonds is 14. The van der Waals surface area contributed by atoms with E-state index in [9.17, 15) is 36.7 Å². The number of aromatic hydroxyl groups is 2. The van der Waals surface area contributed by atoms with E-state index in [1.807, 2.05) is 0 Å². The first kappa shape index (κ1) is 33.5. The summed E-state index contributed by atoms with van der Waals surface area (Å²) >= 11 is 6.88. The van der Waals surface area contributed by atoms with E-state index in [1.165, 1.54) is 32.0 Å². The lowest BCUT2D eigenvalue weighted by molar-refractivity contribution is -0.129. The number of carbonyl (C=O) groups excluding carboxylic acids is 1. The smallest absolute Gasteiger partial charge is 0.319 e. The standard InChI is InChI=1S/C22H30N4O10S5/c1-35-21-15(27)11-23-20(26-21)19(39-6-8-40(30,31)32)13-5-3-4-12(17(13)29)18(38-7-9-41(33,34)37)14-10-16(28)25-22(24-14)36-2/h10-13,18-19,27H,3-9H2,1-2H3,(H,24,25,28)(H,30,31,32)(H,33,34,37). The van der Waals surface area contributed by atoms with Crippen molar-refractivity contribution in [2.75, 3.05) is 37.2 Å². The number of hydrogen-bond donors (Lipinski definition) is 4. The monoisotopic (exact) mass is 670 g/mol. The molecule has 4 N–H and O–H groups in total. The molecule has 14 nitrogen and oxygen atoms in total. The second-order valence-corrected chi connectivity index (χ2v) is 16.2. The van der Waals surface area contributed by atoms with Crippen LogP contribution >= 0.6 is 23.5 Å². The Balaban J connectivity index is 2.00. The van der Waals surface area contributed by atoms with Crippen LogP contribution in [0.25, 0.3) is 0 Å². The van der Waals surface area contributed by atoms with E-state index in [0.29, 0.717) is 19.3 Å². The number of hydrogen-bond acceptors (Lipinski definition) is 15. The predicted octanol–water partition coefficient (Wildman–Crippen LogP) is 2.04. The van der Waals surface area contributed by atoms with Gasteiger partial charge in [0.05, 0.1) is 48.1 Å². The van der Waals surface area contributed by atoms with Crippen molar-refractivity contribution in [3.63, 3.8) is 0 Å². The zero-order valence-corrected chi connectivity index (χ0v) is 26.1. The molecule has 0 radical (unpaired) electrons. The van der Waals surface area contributed by atoms with E-state index in [0.717, 1.165) is 18.0 Å². The number of ketones is 1. The van der Waals surface area contributed by atoms with Crippen LogP contribution in [0.1, 0.15) is 41.3 Å². The number of thioether (sulfide) groups is 2. The van der Waals surface area contributed by atoms with E-state index in [4.69, 9.17) is 9.47 Å². The van der Waals surface area contributed by atoms with Gasteiger partial charge in [-0.05, 0) is 12.8 Å². The van der Waals surface area contributed by atoms with Gasteiger partial charge < -0.3 is 24.2 Å². The Labute approximate surface area is 250 Å². The van der Waals surface area contributed by atoms with E-state index >= 15 is 0 Å². The number of ether oxygens (including phenoxy) is 2. The number of carbonyl (C=O) groups is 1. The highest BCUT2D eigenvalue weighted by atomic mass is 32.8. The molecule has 2 aromatic rings. The molecule has 5 unspecified atom stereocenters. The summed E-state index contributed by atoms with van der Waals surface area (Å²) in [7, 11) is -5.12. The van der Waals surface area contributed by atoms with Gasteiger partial charge in [0.1, 0.15) is 20.4 Å². The average Bonchev–Trinajstić information content (AvgIpc) is 2.89. The summed E-state index contributed by atoms with van der Waals surface area (Å²) in [4.78, 5) is 30.7. The first-order valence-corrected chi connectivity index (χ1v) is 18.4. The predicted molar refractivity (Wildman–Crippen MR) is 156 cm³/mol. The molecule has 0 aromatic carbocycles. The maximum absolute atomic E-state index is 14.1. The molecule has 1 fully saturated rings. The number of aromatic nitrogens is 4. The second-order valence-electron chi connectivity index (χ2n) is 8.96. The van der Waals surface area contributed by atoms with Crippen molar-refractivity contribution in [1.29, 1.82) is 0 Å². The highest BCUT2D eigenvalue weighted by molar-refractivity contribution is 8.29. The third-order valence-corrected chi connectivity index (χ3v) is 11.3. The molecule has 0 bridgehead atoms. The minimum absolute atomic E-state index is 0.0661. The molecule has 1 saturated carbocycles. The van der Waals surface area contributed by atoms with Gasteiger partial charge in [-0.1, -0.05) is 6.42 Å². The van der Waals surface area contributed by atoms with E-state index < -0.39 is 47.0 Å². The lowest BCUT2D eigenvalue weighted by Gasteiger charge is -2.35. The zero-order valence-electron chi connectivity index (χ0n) is 22.0. The maximum Gasteiger partial charge on any atom is 0.319 e. The van der Waals surface area contributed by atoms with Gasteiger partial charge in [-0.2, -0.15) is 35.1 Å². The average molecular weight is 671 g/mol. The fourth-order valence-electron chi connectivity index (χ4n) is 4.38. The third kappa shape index (κ3) is 9.75. The summed E-state index contributed by atoms with van der Waals surface area (Å²) in [6.45, 7) is 0. The number of nitrogens with zero attached hydrogens (tertiary/aromatic N) is 4. The van der Waals surface area contributed by atoms with Crippen LogP contribution in [0.4, 0.5) is 0 Å². The molecule has 3 rings (SSSR count). The molecular weight excluding hydrogens is 641 g/mol. The van der Waals surface area contributed by atoms with Gasteiger partial charge in [0, 0.05) is 40.6 Å². The van der Waals surface area contributed by atoms with E-state index in [1.54, 1.807) is 0 Å². The van der Waals surface area contributed by atoms with Crippen LogP contribution < -0.4 is 9.47 Å². The Bertz CT molecular complexity index is 1440. The van der Waals surface area contributed by atoms with Gasteiger partial charge in [0.15, 0.2) is 5.75 Å². The first-order chi connectivity index (χ1) is 19.2. The van der Waals surface area contributed by atoms with Gasteiger partial charge >= 0.3 is 6.01 Å². The van der Waals surface area contributed by atoms with Gasteiger partial charge in [-0.15, -0.1) is 11.8 Å². The minimum Gasteiger partial charge on any atom is -0.502 e. The van der Waals surface area contributed by atoms with Crippen molar-refractivity contribution in [3.05, 3.63) is 23.8 Å². The quantitative estimate of drug-likeness (QED) is 0.211. The minimum atomic E-state index is -4.28. The van der Waals surface area contributed by atoms with Gasteiger partial charge in [0.2, 0.25) is 5.88 Å². The zero-order chi connectivity index (χ0) is 30.4. The molecule has 0 spiro atoms. The van der Waals surface area contributed by atoms with Gasteiger partial charge in [-0.3, -0.25) is 9.35 Å². The Morgan fingerprint density at radius 2 is 1.63 bits per heavy atom. The summed E-state index contributed by atoms with van der Waals surface area (Å²) in [5, 5.41) is 18.7. The second kappa shape index (κ2) is 14.4. The molecule has 5 atom stereocenters. The van der Waals surface area contributed by atoms with Crippen LogP contribution in [-0.2, 0) is 34.9 Å². The van der Waals surface area contributed by atoms with Crippen LogP contribution in [0.2, 0.25) is 0 Å². The molecule has 1 aliphatic rings. The van der Waals surface area contributed by atoms with Gasteiger partial charge in [0.25, 0.3) is 16.0 Å². The molecule has 41 heavy (non-hydrogen) atoms. The highest BCUT2D eigenvalue weighted by Gasteiger charge is 2.43. The number of methoxy groups -OCH3 is 2. The summed E-state index contributed by atoms with van der Waals surface area (Å²) in [5.74, 6) is -3.01. The highest BCUT2D eigenvalue weighted by Crippen LogP contribution is 2.48. The topological polar surface area (TPSA) is 219 Å². The van der Waals surface area contributed by atoms with E-state index in [2.05, 4.69) is 31.1 Å². The van der Waals surface area contributed by atoms with Crippen LogP contribution in [0, 0.1) is 11.8 Å². The van der Waals surface area contributed by atoms with Gasteiger partial charge in [-0.25, -0.2) is 9.19 Å². The Morgan fingerprint density at radius 3 is 2.24 bits per heavy atom. The Kier molecular flexibility index (Phi) is 11.8. The molecule has 2 heterocycles. The fourth-order valence-corrected chi connectivity index (χ4v) is 9.52. The molecule has 19 heteroatoms. The Hall–Kier alpha value is -2.03. The van der Waals surface area contributed by atoms with E-state index in [-0.39, 0.29) is 58.1 Å². The molecular formula is C22H30N4O10S5. The van der Waals surface area contributed by atoms with Crippen molar-refractivity contribution in [2.45, 2.75) is 29.8 Å². The lowest BCUT2D eigenvalue weighted by Crippen LogP contribution is -2.35. The summed E-state index contributed by atoms with van der Waals surface area (Å²) < 4.78 is 63.5.